The van der Waals surface area contributed by atoms with Gasteiger partial charge < -0.3 is 5.32 Å². The van der Waals surface area contributed by atoms with E-state index in [1.54, 1.807) is 0 Å². The molecule has 1 heterocycles. The average molecular weight is 246 g/mol. The number of nitrogens with zero attached hydrogens (tertiary/aromatic N) is 1. The van der Waals surface area contributed by atoms with Crippen molar-refractivity contribution in [1.82, 2.24) is 10.2 Å². The number of likely N-dealkylation sites (N-methyl/N-ethyl adjacent to an activating group) is 1. The number of piperazine rings is 1. The Morgan fingerprint density at radius 3 is 2.61 bits per heavy atom. The highest BCUT2D eigenvalue weighted by Crippen LogP contribution is 2.12. The zero-order valence-corrected chi connectivity index (χ0v) is 10.7. The summed E-state index contributed by atoms with van der Waals surface area (Å²) in [6, 6.07) is 9.36. The lowest BCUT2D eigenvalue weighted by molar-refractivity contribution is -0.134. The maximum Gasteiger partial charge on any atom is 0.238 e. The molecule has 1 aliphatic rings. The van der Waals surface area contributed by atoms with Crippen molar-refractivity contribution >= 4 is 11.7 Å². The zero-order valence-electron chi connectivity index (χ0n) is 10.7. The van der Waals surface area contributed by atoms with Gasteiger partial charge in [0, 0.05) is 6.54 Å². The zero-order chi connectivity index (χ0) is 13.1. The Hall–Kier alpha value is -1.68. The Bertz CT molecular complexity index is 444. The SMILES string of the molecule is CC(=O)[C@H]1CN(C)[C@H](Cc2ccccc2)C(=O)N1. The quantitative estimate of drug-likeness (QED) is 0.850. The predicted octanol–water partition coefficient (Wildman–Crippen LogP) is 0.617. The first-order valence-corrected chi connectivity index (χ1v) is 6.13. The van der Waals surface area contributed by atoms with Gasteiger partial charge in [0.05, 0.1) is 12.1 Å². The van der Waals surface area contributed by atoms with Gasteiger partial charge in [-0.15, -0.1) is 0 Å². The number of benzene rings is 1. The van der Waals surface area contributed by atoms with Gasteiger partial charge in [-0.05, 0) is 26.0 Å². The largest absolute Gasteiger partial charge is 0.344 e. The van der Waals surface area contributed by atoms with Crippen LogP contribution < -0.4 is 5.32 Å². The summed E-state index contributed by atoms with van der Waals surface area (Å²) in [5.74, 6) is -0.0545. The maximum absolute atomic E-state index is 12.0. The van der Waals surface area contributed by atoms with Crippen LogP contribution in [0, 0.1) is 0 Å². The fourth-order valence-electron chi connectivity index (χ4n) is 2.25. The van der Waals surface area contributed by atoms with Crippen molar-refractivity contribution in [1.29, 1.82) is 0 Å². The smallest absolute Gasteiger partial charge is 0.238 e. The number of rotatable bonds is 3. The van der Waals surface area contributed by atoms with Gasteiger partial charge in [0.1, 0.15) is 0 Å². The van der Waals surface area contributed by atoms with E-state index in [1.165, 1.54) is 6.92 Å². The Morgan fingerprint density at radius 1 is 1.39 bits per heavy atom. The van der Waals surface area contributed by atoms with Gasteiger partial charge in [-0.3, -0.25) is 14.5 Å². The van der Waals surface area contributed by atoms with Crippen LogP contribution in [0.5, 0.6) is 0 Å². The molecule has 0 aliphatic carbocycles. The molecule has 1 amide bonds. The van der Waals surface area contributed by atoms with Crippen LogP contribution in [0.3, 0.4) is 0 Å². The number of hydrogen-bond donors (Lipinski definition) is 1. The van der Waals surface area contributed by atoms with Crippen molar-refractivity contribution in [3.63, 3.8) is 0 Å². The number of carbonyl (C=O) groups excluding carboxylic acids is 2. The van der Waals surface area contributed by atoms with Crippen LogP contribution in [0.25, 0.3) is 0 Å². The van der Waals surface area contributed by atoms with E-state index >= 15 is 0 Å². The van der Waals surface area contributed by atoms with Crippen LogP contribution in [-0.2, 0) is 16.0 Å². The molecular weight excluding hydrogens is 228 g/mol. The van der Waals surface area contributed by atoms with Crippen molar-refractivity contribution in [2.75, 3.05) is 13.6 Å². The van der Waals surface area contributed by atoms with Crippen LogP contribution in [-0.4, -0.2) is 42.3 Å². The first kappa shape index (κ1) is 12.8. The summed E-state index contributed by atoms with van der Waals surface area (Å²) >= 11 is 0. The molecule has 2 atom stereocenters. The van der Waals surface area contributed by atoms with E-state index in [2.05, 4.69) is 5.32 Å². The summed E-state index contributed by atoms with van der Waals surface area (Å²) < 4.78 is 0. The molecular formula is C14H18N2O2. The molecule has 2 rings (SSSR count). The number of nitrogens with one attached hydrogen (secondary N) is 1. The van der Waals surface area contributed by atoms with Crippen LogP contribution in [0.4, 0.5) is 0 Å². The molecule has 4 nitrogen and oxygen atoms in total. The van der Waals surface area contributed by atoms with E-state index in [-0.39, 0.29) is 23.8 Å². The van der Waals surface area contributed by atoms with Gasteiger partial charge in [-0.25, -0.2) is 0 Å². The second-order valence-electron chi connectivity index (χ2n) is 4.82. The summed E-state index contributed by atoms with van der Waals surface area (Å²) in [5.41, 5.74) is 1.13. The number of amides is 1. The molecule has 1 N–H and O–H groups in total. The van der Waals surface area contributed by atoms with Crippen molar-refractivity contribution in [3.05, 3.63) is 35.9 Å². The van der Waals surface area contributed by atoms with E-state index in [0.717, 1.165) is 5.56 Å². The minimum Gasteiger partial charge on any atom is -0.344 e. The monoisotopic (exact) mass is 246 g/mol. The third-order valence-electron chi connectivity index (χ3n) is 3.38. The summed E-state index contributed by atoms with van der Waals surface area (Å²) in [7, 11) is 1.89. The van der Waals surface area contributed by atoms with Crippen molar-refractivity contribution < 1.29 is 9.59 Å². The lowest BCUT2D eigenvalue weighted by atomic mass is 10.00. The summed E-state index contributed by atoms with van der Waals surface area (Å²) in [5, 5.41) is 2.79. The number of ketones is 1. The summed E-state index contributed by atoms with van der Waals surface area (Å²) in [4.78, 5) is 25.3. The van der Waals surface area contributed by atoms with Gasteiger partial charge in [0.25, 0.3) is 0 Å². The molecule has 1 aliphatic heterocycles. The van der Waals surface area contributed by atoms with Gasteiger partial charge in [0.2, 0.25) is 5.91 Å². The molecule has 1 aromatic rings. The topological polar surface area (TPSA) is 49.4 Å². The first-order chi connectivity index (χ1) is 8.58. The Labute approximate surface area is 107 Å². The third-order valence-corrected chi connectivity index (χ3v) is 3.38. The Balaban J connectivity index is 2.06. The van der Waals surface area contributed by atoms with Crippen LogP contribution >= 0.6 is 0 Å². The van der Waals surface area contributed by atoms with Gasteiger partial charge in [-0.1, -0.05) is 30.3 Å². The fraction of sp³-hybridized carbons (Fsp3) is 0.429. The van der Waals surface area contributed by atoms with Crippen molar-refractivity contribution in [3.8, 4) is 0 Å². The van der Waals surface area contributed by atoms with E-state index in [0.29, 0.717) is 13.0 Å². The maximum atomic E-state index is 12.0. The molecule has 4 heteroatoms. The molecule has 1 saturated heterocycles. The molecule has 0 aromatic heterocycles. The minimum atomic E-state index is -0.366. The second-order valence-corrected chi connectivity index (χ2v) is 4.82. The average Bonchev–Trinajstić information content (AvgIpc) is 2.34. The van der Waals surface area contributed by atoms with Crippen molar-refractivity contribution in [2.24, 2.45) is 0 Å². The van der Waals surface area contributed by atoms with Gasteiger partial charge in [-0.2, -0.15) is 0 Å². The van der Waals surface area contributed by atoms with Gasteiger partial charge in [0.15, 0.2) is 5.78 Å². The number of carbonyl (C=O) groups is 2. The Kier molecular flexibility index (Phi) is 3.77. The van der Waals surface area contributed by atoms with E-state index in [9.17, 15) is 9.59 Å². The molecule has 1 aromatic carbocycles. The predicted molar refractivity (Wildman–Crippen MR) is 69.2 cm³/mol. The van der Waals surface area contributed by atoms with Crippen molar-refractivity contribution in [2.45, 2.75) is 25.4 Å². The number of hydrogen-bond acceptors (Lipinski definition) is 3. The van der Waals surface area contributed by atoms with E-state index in [4.69, 9.17) is 0 Å². The highest BCUT2D eigenvalue weighted by atomic mass is 16.2. The van der Waals surface area contributed by atoms with E-state index in [1.807, 2.05) is 42.3 Å². The molecule has 0 spiro atoms. The normalized spacial score (nSPS) is 24.7. The summed E-state index contributed by atoms with van der Waals surface area (Å²) in [6.07, 6.45) is 0.674. The van der Waals surface area contributed by atoms with Crippen LogP contribution in [0.2, 0.25) is 0 Å². The number of Topliss-reactive ketones (excluding diaryl/α,β-unsaturated/α-hetero) is 1. The highest BCUT2D eigenvalue weighted by molar-refractivity contribution is 5.91. The molecule has 0 bridgehead atoms. The third kappa shape index (κ3) is 2.76. The summed E-state index contributed by atoms with van der Waals surface area (Å²) in [6.45, 7) is 2.09. The fourth-order valence-corrected chi connectivity index (χ4v) is 2.25. The van der Waals surface area contributed by atoms with Gasteiger partial charge >= 0.3 is 0 Å². The lowest BCUT2D eigenvalue weighted by Crippen LogP contribution is -2.61. The van der Waals surface area contributed by atoms with Crippen LogP contribution in [0.15, 0.2) is 30.3 Å². The molecule has 0 unspecified atom stereocenters. The molecule has 0 radical (unpaired) electrons. The molecule has 96 valence electrons. The Morgan fingerprint density at radius 2 is 2.06 bits per heavy atom. The molecule has 0 saturated carbocycles. The van der Waals surface area contributed by atoms with Crippen LogP contribution in [0.1, 0.15) is 12.5 Å². The van der Waals surface area contributed by atoms with E-state index < -0.39 is 0 Å². The second kappa shape index (κ2) is 5.31. The minimum absolute atomic E-state index is 0.00774. The standard InChI is InChI=1S/C14H18N2O2/c1-10(17)12-9-16(2)13(14(18)15-12)8-11-6-4-3-5-7-11/h3-7,12-13H,8-9H2,1-2H3,(H,15,18)/t12-,13-/m1/s1. The first-order valence-electron chi connectivity index (χ1n) is 6.13. The highest BCUT2D eigenvalue weighted by Gasteiger charge is 2.33. The molecule has 1 fully saturated rings. The lowest BCUT2D eigenvalue weighted by Gasteiger charge is -2.36. The molecule has 18 heavy (non-hydrogen) atoms.